The molecule has 0 radical (unpaired) electrons. The molecule has 1 fully saturated rings. The highest BCUT2D eigenvalue weighted by atomic mass is 16.5. The van der Waals surface area contributed by atoms with Crippen LogP contribution in [0.25, 0.3) is 0 Å². The SMILES string of the molecule is COc1ccc(C(=O)N2CCN(C)CC2)c(OC)n1. The Balaban J connectivity index is 2.18. The Morgan fingerprint density at radius 1 is 1.16 bits per heavy atom. The Morgan fingerprint density at radius 2 is 1.84 bits per heavy atom. The number of pyridine rings is 1. The first-order valence-corrected chi connectivity index (χ1v) is 6.22. The lowest BCUT2D eigenvalue weighted by Crippen LogP contribution is -2.47. The molecule has 1 aromatic heterocycles. The van der Waals surface area contributed by atoms with Crippen molar-refractivity contribution in [1.82, 2.24) is 14.8 Å². The van der Waals surface area contributed by atoms with E-state index >= 15 is 0 Å². The molecule has 0 aromatic carbocycles. The van der Waals surface area contributed by atoms with Gasteiger partial charge in [-0.15, -0.1) is 0 Å². The molecule has 6 heteroatoms. The summed E-state index contributed by atoms with van der Waals surface area (Å²) in [6, 6.07) is 3.37. The minimum Gasteiger partial charge on any atom is -0.481 e. The van der Waals surface area contributed by atoms with E-state index in [1.54, 1.807) is 12.1 Å². The molecule has 2 rings (SSSR count). The van der Waals surface area contributed by atoms with Crippen molar-refractivity contribution in [2.75, 3.05) is 47.4 Å². The van der Waals surface area contributed by atoms with Crippen molar-refractivity contribution in [3.8, 4) is 11.8 Å². The number of likely N-dealkylation sites (N-methyl/N-ethyl adjacent to an activating group) is 1. The second-order valence-electron chi connectivity index (χ2n) is 4.51. The Labute approximate surface area is 112 Å². The molecule has 0 bridgehead atoms. The zero-order valence-corrected chi connectivity index (χ0v) is 11.5. The molecule has 1 aromatic rings. The first-order chi connectivity index (χ1) is 9.15. The maximum absolute atomic E-state index is 12.4. The summed E-state index contributed by atoms with van der Waals surface area (Å²) in [5, 5.41) is 0. The van der Waals surface area contributed by atoms with Gasteiger partial charge in [0.05, 0.1) is 14.2 Å². The number of carbonyl (C=O) groups is 1. The first kappa shape index (κ1) is 13.6. The van der Waals surface area contributed by atoms with Crippen LogP contribution in [-0.4, -0.2) is 68.1 Å². The number of aromatic nitrogens is 1. The standard InChI is InChI=1S/C13H19N3O3/c1-15-6-8-16(9-7-15)13(17)10-4-5-11(18-2)14-12(10)19-3/h4-5H,6-9H2,1-3H3. The van der Waals surface area contributed by atoms with Crippen LogP contribution in [0.5, 0.6) is 11.8 Å². The number of rotatable bonds is 3. The number of nitrogens with zero attached hydrogens (tertiary/aromatic N) is 3. The Morgan fingerprint density at radius 3 is 2.42 bits per heavy atom. The summed E-state index contributed by atoms with van der Waals surface area (Å²) in [4.78, 5) is 20.6. The predicted octanol–water partition coefficient (Wildman–Crippen LogP) is 0.486. The van der Waals surface area contributed by atoms with Crippen LogP contribution in [0.15, 0.2) is 12.1 Å². The highest BCUT2D eigenvalue weighted by molar-refractivity contribution is 5.96. The summed E-state index contributed by atoms with van der Waals surface area (Å²) in [7, 11) is 5.09. The molecule has 0 aliphatic carbocycles. The van der Waals surface area contributed by atoms with Crippen molar-refractivity contribution in [2.45, 2.75) is 0 Å². The molecular weight excluding hydrogens is 246 g/mol. The van der Waals surface area contributed by atoms with Crippen LogP contribution in [0, 0.1) is 0 Å². The van der Waals surface area contributed by atoms with Gasteiger partial charge in [-0.25, -0.2) is 0 Å². The Kier molecular flexibility index (Phi) is 4.21. The van der Waals surface area contributed by atoms with Gasteiger partial charge in [-0.3, -0.25) is 4.79 Å². The van der Waals surface area contributed by atoms with Gasteiger partial charge in [0.1, 0.15) is 5.56 Å². The zero-order chi connectivity index (χ0) is 13.8. The van der Waals surface area contributed by atoms with Crippen LogP contribution >= 0.6 is 0 Å². The number of ether oxygens (including phenoxy) is 2. The second-order valence-corrected chi connectivity index (χ2v) is 4.51. The lowest BCUT2D eigenvalue weighted by atomic mass is 10.2. The van der Waals surface area contributed by atoms with E-state index in [4.69, 9.17) is 9.47 Å². The topological polar surface area (TPSA) is 54.9 Å². The van der Waals surface area contributed by atoms with Gasteiger partial charge in [0, 0.05) is 32.2 Å². The van der Waals surface area contributed by atoms with Crippen molar-refractivity contribution < 1.29 is 14.3 Å². The minimum absolute atomic E-state index is 0.0416. The monoisotopic (exact) mass is 265 g/mol. The number of piperazine rings is 1. The third-order valence-electron chi connectivity index (χ3n) is 3.26. The fraction of sp³-hybridized carbons (Fsp3) is 0.538. The molecule has 19 heavy (non-hydrogen) atoms. The highest BCUT2D eigenvalue weighted by Crippen LogP contribution is 2.21. The van der Waals surface area contributed by atoms with E-state index in [2.05, 4.69) is 16.9 Å². The molecule has 0 atom stereocenters. The summed E-state index contributed by atoms with van der Waals surface area (Å²) in [6.45, 7) is 3.23. The molecule has 1 amide bonds. The van der Waals surface area contributed by atoms with Gasteiger partial charge in [0.15, 0.2) is 0 Å². The molecule has 0 saturated carbocycles. The van der Waals surface area contributed by atoms with Gasteiger partial charge >= 0.3 is 0 Å². The van der Waals surface area contributed by atoms with E-state index < -0.39 is 0 Å². The fourth-order valence-corrected chi connectivity index (χ4v) is 2.04. The average molecular weight is 265 g/mol. The molecule has 1 saturated heterocycles. The van der Waals surface area contributed by atoms with Crippen molar-refractivity contribution in [1.29, 1.82) is 0 Å². The fourth-order valence-electron chi connectivity index (χ4n) is 2.04. The molecule has 1 aliphatic rings. The van der Waals surface area contributed by atoms with Crippen LogP contribution in [-0.2, 0) is 0 Å². The maximum atomic E-state index is 12.4. The highest BCUT2D eigenvalue weighted by Gasteiger charge is 2.23. The Hall–Kier alpha value is -1.82. The van der Waals surface area contributed by atoms with Gasteiger partial charge in [-0.05, 0) is 13.1 Å². The van der Waals surface area contributed by atoms with Gasteiger partial charge in [0.2, 0.25) is 11.8 Å². The van der Waals surface area contributed by atoms with Crippen LogP contribution in [0.2, 0.25) is 0 Å². The average Bonchev–Trinajstić information content (AvgIpc) is 2.46. The van der Waals surface area contributed by atoms with Crippen LogP contribution < -0.4 is 9.47 Å². The van der Waals surface area contributed by atoms with Crippen molar-refractivity contribution >= 4 is 5.91 Å². The van der Waals surface area contributed by atoms with Crippen LogP contribution in [0.1, 0.15) is 10.4 Å². The van der Waals surface area contributed by atoms with E-state index in [1.165, 1.54) is 14.2 Å². The van der Waals surface area contributed by atoms with E-state index in [-0.39, 0.29) is 5.91 Å². The van der Waals surface area contributed by atoms with E-state index in [9.17, 15) is 4.79 Å². The van der Waals surface area contributed by atoms with Crippen molar-refractivity contribution in [2.24, 2.45) is 0 Å². The molecule has 0 unspecified atom stereocenters. The lowest BCUT2D eigenvalue weighted by molar-refractivity contribution is 0.0660. The first-order valence-electron chi connectivity index (χ1n) is 6.22. The number of hydrogen-bond acceptors (Lipinski definition) is 5. The largest absolute Gasteiger partial charge is 0.481 e. The number of carbonyl (C=O) groups excluding carboxylic acids is 1. The van der Waals surface area contributed by atoms with Gasteiger partial charge in [-0.2, -0.15) is 4.98 Å². The van der Waals surface area contributed by atoms with Gasteiger partial charge in [-0.1, -0.05) is 0 Å². The predicted molar refractivity (Wildman–Crippen MR) is 70.7 cm³/mol. The van der Waals surface area contributed by atoms with Gasteiger partial charge < -0.3 is 19.3 Å². The van der Waals surface area contributed by atoms with Gasteiger partial charge in [0.25, 0.3) is 5.91 Å². The number of methoxy groups -OCH3 is 2. The molecule has 0 spiro atoms. The number of hydrogen-bond donors (Lipinski definition) is 0. The third kappa shape index (κ3) is 2.96. The molecule has 104 valence electrons. The smallest absolute Gasteiger partial charge is 0.259 e. The van der Waals surface area contributed by atoms with E-state index in [1.807, 2.05) is 4.90 Å². The minimum atomic E-state index is -0.0416. The summed E-state index contributed by atoms with van der Waals surface area (Å²) >= 11 is 0. The number of amides is 1. The summed E-state index contributed by atoms with van der Waals surface area (Å²) < 4.78 is 10.2. The molecule has 6 nitrogen and oxygen atoms in total. The Bertz CT molecular complexity index is 456. The summed E-state index contributed by atoms with van der Waals surface area (Å²) in [5.74, 6) is 0.704. The molecule has 0 N–H and O–H groups in total. The van der Waals surface area contributed by atoms with Crippen LogP contribution in [0.4, 0.5) is 0 Å². The normalized spacial score (nSPS) is 16.3. The molecule has 2 heterocycles. The molecule has 1 aliphatic heterocycles. The second kappa shape index (κ2) is 5.88. The molecular formula is C13H19N3O3. The van der Waals surface area contributed by atoms with Crippen molar-refractivity contribution in [3.63, 3.8) is 0 Å². The lowest BCUT2D eigenvalue weighted by Gasteiger charge is -2.32. The maximum Gasteiger partial charge on any atom is 0.259 e. The zero-order valence-electron chi connectivity index (χ0n) is 11.5. The van der Waals surface area contributed by atoms with E-state index in [0.717, 1.165) is 26.2 Å². The summed E-state index contributed by atoms with van der Waals surface area (Å²) in [6.07, 6.45) is 0. The quantitative estimate of drug-likeness (QED) is 0.796. The third-order valence-corrected chi connectivity index (χ3v) is 3.26. The van der Waals surface area contributed by atoms with Crippen molar-refractivity contribution in [3.05, 3.63) is 17.7 Å². The van der Waals surface area contributed by atoms with Crippen LogP contribution in [0.3, 0.4) is 0 Å². The van der Waals surface area contributed by atoms with E-state index in [0.29, 0.717) is 17.3 Å². The summed E-state index contributed by atoms with van der Waals surface area (Å²) in [5.41, 5.74) is 0.479.